The third-order valence-electron chi connectivity index (χ3n) is 0.322. The molecule has 0 aromatic carbocycles. The van der Waals surface area contributed by atoms with E-state index >= 15 is 0 Å². The first-order valence-corrected chi connectivity index (χ1v) is 2.60. The van der Waals surface area contributed by atoms with E-state index in [9.17, 15) is 9.36 Å². The molecule has 0 fully saturated rings. The van der Waals surface area contributed by atoms with Crippen LogP contribution in [-0.2, 0) is 9.09 Å². The minimum Gasteiger partial charge on any atom is -0.441 e. The Labute approximate surface area is 41.0 Å². The SMILES string of the molecule is CO[P+](=O)C(=O)O. The van der Waals surface area contributed by atoms with Gasteiger partial charge in [-0.1, -0.05) is 0 Å². The van der Waals surface area contributed by atoms with E-state index in [0.29, 0.717) is 0 Å². The molecule has 0 aliphatic rings. The molecule has 4 nitrogen and oxygen atoms in total. The highest BCUT2D eigenvalue weighted by molar-refractivity contribution is 7.58. The van der Waals surface area contributed by atoms with Crippen molar-refractivity contribution in [2.75, 3.05) is 7.11 Å². The van der Waals surface area contributed by atoms with Crippen molar-refractivity contribution in [3.8, 4) is 0 Å². The van der Waals surface area contributed by atoms with Crippen molar-refractivity contribution in [2.45, 2.75) is 0 Å². The van der Waals surface area contributed by atoms with Gasteiger partial charge in [-0.05, 0) is 4.57 Å². The van der Waals surface area contributed by atoms with Crippen molar-refractivity contribution in [2.24, 2.45) is 0 Å². The van der Waals surface area contributed by atoms with E-state index in [0.717, 1.165) is 7.11 Å². The molecular formula is C2H4O4P+. The number of rotatable bonds is 2. The van der Waals surface area contributed by atoms with Gasteiger partial charge in [-0.15, -0.1) is 4.52 Å². The zero-order valence-corrected chi connectivity index (χ0v) is 4.51. The summed E-state index contributed by atoms with van der Waals surface area (Å²) in [6, 6.07) is 0. The van der Waals surface area contributed by atoms with Crippen LogP contribution >= 0.6 is 8.03 Å². The van der Waals surface area contributed by atoms with Gasteiger partial charge in [0.2, 0.25) is 0 Å². The molecular weight excluding hydrogens is 119 g/mol. The van der Waals surface area contributed by atoms with Crippen LogP contribution in [0.1, 0.15) is 0 Å². The Kier molecular flexibility index (Phi) is 2.48. The van der Waals surface area contributed by atoms with E-state index in [2.05, 4.69) is 4.52 Å². The number of hydrogen-bond donors (Lipinski definition) is 1. The fourth-order valence-electron chi connectivity index (χ4n) is 0.0781. The van der Waals surface area contributed by atoms with E-state index in [-0.39, 0.29) is 0 Å². The molecule has 5 heteroatoms. The smallest absolute Gasteiger partial charge is 0.441 e. The van der Waals surface area contributed by atoms with E-state index < -0.39 is 13.7 Å². The van der Waals surface area contributed by atoms with Crippen molar-refractivity contribution < 1.29 is 19.0 Å². The lowest BCUT2D eigenvalue weighted by molar-refractivity contribution is 0.215. The van der Waals surface area contributed by atoms with Crippen molar-refractivity contribution >= 4 is 13.7 Å². The number of carbonyl (C=O) groups is 1. The quantitative estimate of drug-likeness (QED) is 0.557. The van der Waals surface area contributed by atoms with Gasteiger partial charge in [-0.3, -0.25) is 0 Å². The van der Waals surface area contributed by atoms with E-state index in [1.54, 1.807) is 0 Å². The highest BCUT2D eigenvalue weighted by Crippen LogP contribution is 2.19. The van der Waals surface area contributed by atoms with Gasteiger partial charge in [0.05, 0.1) is 7.11 Å². The van der Waals surface area contributed by atoms with Crippen LogP contribution in [0.3, 0.4) is 0 Å². The molecule has 0 aliphatic heterocycles. The number of carboxylic acid groups (broad SMARTS) is 1. The molecule has 40 valence electrons. The minimum atomic E-state index is -2.47. The average Bonchev–Trinajstić information content (AvgIpc) is 1.65. The summed E-state index contributed by atoms with van der Waals surface area (Å²) < 4.78 is 13.8. The van der Waals surface area contributed by atoms with Gasteiger partial charge in [0.25, 0.3) is 0 Å². The third-order valence-corrected chi connectivity index (χ3v) is 0.966. The van der Waals surface area contributed by atoms with Crippen LogP contribution in [0.4, 0.5) is 4.79 Å². The molecule has 0 saturated heterocycles. The summed E-state index contributed by atoms with van der Waals surface area (Å²) in [7, 11) is -1.39. The summed E-state index contributed by atoms with van der Waals surface area (Å²) in [4.78, 5) is 9.52. The van der Waals surface area contributed by atoms with Crippen LogP contribution in [-0.4, -0.2) is 17.9 Å². The van der Waals surface area contributed by atoms with E-state index in [1.807, 2.05) is 0 Å². The molecule has 0 heterocycles. The standard InChI is InChI=1S/C2H3O4P/c1-6-7(5)2(3)4/h1H3/p+1. The maximum absolute atomic E-state index is 9.84. The van der Waals surface area contributed by atoms with Crippen molar-refractivity contribution in [1.82, 2.24) is 0 Å². The highest BCUT2D eigenvalue weighted by Gasteiger charge is 2.27. The molecule has 0 aliphatic carbocycles. The zero-order chi connectivity index (χ0) is 5.86. The molecule has 1 unspecified atom stereocenters. The molecule has 0 aromatic rings. The Hall–Kier alpha value is -0.470. The first-order chi connectivity index (χ1) is 3.18. The predicted octanol–water partition coefficient (Wildman–Crippen LogP) is 1.05. The van der Waals surface area contributed by atoms with Crippen molar-refractivity contribution in [3.05, 3.63) is 0 Å². The van der Waals surface area contributed by atoms with Crippen LogP contribution in [0, 0.1) is 0 Å². The first kappa shape index (κ1) is 6.53. The Morgan fingerprint density at radius 2 is 2.29 bits per heavy atom. The molecule has 0 aromatic heterocycles. The summed E-state index contributed by atoms with van der Waals surface area (Å²) in [5.41, 5.74) is -1.42. The fraction of sp³-hybridized carbons (Fsp3) is 0.500. The van der Waals surface area contributed by atoms with Crippen molar-refractivity contribution in [1.29, 1.82) is 0 Å². The van der Waals surface area contributed by atoms with E-state index in [4.69, 9.17) is 5.11 Å². The summed E-state index contributed by atoms with van der Waals surface area (Å²) in [6.45, 7) is 0. The Bertz CT molecular complexity index is 97.9. The summed E-state index contributed by atoms with van der Waals surface area (Å²) in [5.74, 6) is 0. The van der Waals surface area contributed by atoms with Gasteiger partial charge in [0, 0.05) is 0 Å². The van der Waals surface area contributed by atoms with Gasteiger partial charge in [-0.25, -0.2) is 0 Å². The normalized spacial score (nSPS) is 10.7. The van der Waals surface area contributed by atoms with Crippen LogP contribution in [0.2, 0.25) is 0 Å². The van der Waals surface area contributed by atoms with Crippen molar-refractivity contribution in [3.63, 3.8) is 0 Å². The van der Waals surface area contributed by atoms with Crippen LogP contribution < -0.4 is 0 Å². The second kappa shape index (κ2) is 2.66. The monoisotopic (exact) mass is 123 g/mol. The lowest BCUT2D eigenvalue weighted by Gasteiger charge is -1.65. The zero-order valence-electron chi connectivity index (χ0n) is 3.62. The lowest BCUT2D eigenvalue weighted by atomic mass is 11.6. The molecule has 1 atom stereocenters. The fourth-order valence-corrected chi connectivity index (χ4v) is 0.234. The van der Waals surface area contributed by atoms with Crippen LogP contribution in [0.25, 0.3) is 0 Å². The maximum atomic E-state index is 9.84. The number of hydrogen-bond acceptors (Lipinski definition) is 3. The van der Waals surface area contributed by atoms with E-state index in [1.165, 1.54) is 0 Å². The Morgan fingerprint density at radius 1 is 1.86 bits per heavy atom. The molecule has 7 heavy (non-hydrogen) atoms. The highest BCUT2D eigenvalue weighted by atomic mass is 31.1. The largest absolute Gasteiger partial charge is 0.635 e. The third kappa shape index (κ3) is 2.25. The molecule has 0 spiro atoms. The molecule has 0 bridgehead atoms. The summed E-state index contributed by atoms with van der Waals surface area (Å²) in [5, 5.41) is 7.77. The first-order valence-electron chi connectivity index (χ1n) is 1.42. The lowest BCUT2D eigenvalue weighted by Crippen LogP contribution is -1.82. The maximum Gasteiger partial charge on any atom is 0.635 e. The van der Waals surface area contributed by atoms with Gasteiger partial charge in [0.15, 0.2) is 0 Å². The topological polar surface area (TPSA) is 63.6 Å². The molecule has 0 radical (unpaired) electrons. The summed E-state index contributed by atoms with van der Waals surface area (Å²) in [6.07, 6.45) is 0. The molecule has 0 saturated carbocycles. The second-order valence-corrected chi connectivity index (χ2v) is 1.98. The molecule has 1 N–H and O–H groups in total. The Balaban J connectivity index is 3.58. The van der Waals surface area contributed by atoms with Crippen LogP contribution in [0.15, 0.2) is 0 Å². The molecule has 0 amide bonds. The molecule has 0 rings (SSSR count). The van der Waals surface area contributed by atoms with Crippen LogP contribution in [0.5, 0.6) is 0 Å². The minimum absolute atomic E-state index is 1.08. The average molecular weight is 123 g/mol. The second-order valence-electron chi connectivity index (χ2n) is 0.722. The summed E-state index contributed by atoms with van der Waals surface area (Å²) >= 11 is 0. The van der Waals surface area contributed by atoms with Gasteiger partial charge < -0.3 is 5.11 Å². The Morgan fingerprint density at radius 3 is 2.29 bits per heavy atom. The van der Waals surface area contributed by atoms with Gasteiger partial charge in [-0.2, -0.15) is 4.79 Å². The van der Waals surface area contributed by atoms with Gasteiger partial charge >= 0.3 is 13.7 Å². The van der Waals surface area contributed by atoms with Gasteiger partial charge in [0.1, 0.15) is 0 Å². The predicted molar refractivity (Wildman–Crippen MR) is 22.6 cm³/mol.